The first-order valence-corrected chi connectivity index (χ1v) is 4.74. The van der Waals surface area contributed by atoms with Crippen molar-refractivity contribution in [2.75, 3.05) is 13.1 Å². The summed E-state index contributed by atoms with van der Waals surface area (Å²) in [5.41, 5.74) is 1.14. The lowest BCUT2D eigenvalue weighted by atomic mass is 10.1. The van der Waals surface area contributed by atoms with E-state index in [0.717, 1.165) is 35.9 Å². The quantitative estimate of drug-likeness (QED) is 0.829. The number of amidine groups is 1. The van der Waals surface area contributed by atoms with Crippen LogP contribution in [-0.2, 0) is 6.42 Å². The van der Waals surface area contributed by atoms with Gasteiger partial charge < -0.3 is 5.32 Å². The Bertz CT molecular complexity index is 337. The summed E-state index contributed by atoms with van der Waals surface area (Å²) in [6.07, 6.45) is 0.819. The summed E-state index contributed by atoms with van der Waals surface area (Å²) in [6, 6.07) is 7.88. The summed E-state index contributed by atoms with van der Waals surface area (Å²) in [5, 5.41) is 4.04. The van der Waals surface area contributed by atoms with Crippen LogP contribution in [0.15, 0.2) is 29.3 Å². The summed E-state index contributed by atoms with van der Waals surface area (Å²) in [5.74, 6) is 1.05. The molecule has 0 aromatic heterocycles. The number of benzene rings is 1. The fraction of sp³-hybridized carbons (Fsp3) is 0.300. The molecule has 1 N–H and O–H groups in total. The van der Waals surface area contributed by atoms with Crippen molar-refractivity contribution in [3.63, 3.8) is 0 Å². The van der Waals surface area contributed by atoms with E-state index in [1.54, 1.807) is 0 Å². The highest BCUT2D eigenvalue weighted by atomic mass is 35.5. The molecule has 0 aliphatic carbocycles. The highest BCUT2D eigenvalue weighted by Gasteiger charge is 2.07. The van der Waals surface area contributed by atoms with Crippen molar-refractivity contribution in [2.24, 2.45) is 4.99 Å². The maximum atomic E-state index is 6.02. The number of nitrogens with one attached hydrogen (secondary N) is 1. The molecule has 1 aliphatic heterocycles. The van der Waals surface area contributed by atoms with Gasteiger partial charge in [-0.25, -0.2) is 0 Å². The van der Waals surface area contributed by atoms with Gasteiger partial charge in [-0.05, 0) is 11.6 Å². The van der Waals surface area contributed by atoms with E-state index < -0.39 is 0 Å². The van der Waals surface area contributed by atoms with E-state index in [1.165, 1.54) is 0 Å². The molecule has 0 saturated carbocycles. The van der Waals surface area contributed by atoms with E-state index in [1.807, 2.05) is 24.3 Å². The van der Waals surface area contributed by atoms with Crippen molar-refractivity contribution in [3.05, 3.63) is 34.9 Å². The van der Waals surface area contributed by atoms with Crippen LogP contribution in [-0.4, -0.2) is 18.9 Å². The highest BCUT2D eigenvalue weighted by molar-refractivity contribution is 6.31. The highest BCUT2D eigenvalue weighted by Crippen LogP contribution is 2.15. The van der Waals surface area contributed by atoms with Crippen LogP contribution in [0.25, 0.3) is 0 Å². The van der Waals surface area contributed by atoms with Crippen LogP contribution in [0.1, 0.15) is 5.56 Å². The average Bonchev–Trinajstić information content (AvgIpc) is 2.61. The van der Waals surface area contributed by atoms with Crippen LogP contribution < -0.4 is 5.32 Å². The number of rotatable bonds is 2. The Kier molecular flexibility index (Phi) is 4.23. The largest absolute Gasteiger partial charge is 0.372 e. The van der Waals surface area contributed by atoms with Crippen molar-refractivity contribution >= 4 is 29.8 Å². The molecule has 0 saturated heterocycles. The minimum Gasteiger partial charge on any atom is -0.372 e. The van der Waals surface area contributed by atoms with Crippen molar-refractivity contribution in [1.82, 2.24) is 5.32 Å². The third-order valence-corrected chi connectivity index (χ3v) is 2.43. The van der Waals surface area contributed by atoms with Crippen molar-refractivity contribution in [2.45, 2.75) is 6.42 Å². The van der Waals surface area contributed by atoms with Gasteiger partial charge in [0, 0.05) is 18.0 Å². The van der Waals surface area contributed by atoms with Gasteiger partial charge >= 0.3 is 0 Å². The molecule has 2 nitrogen and oxygen atoms in total. The topological polar surface area (TPSA) is 24.4 Å². The molecule has 1 aromatic carbocycles. The minimum absolute atomic E-state index is 0. The molecule has 14 heavy (non-hydrogen) atoms. The molecule has 0 fully saturated rings. The van der Waals surface area contributed by atoms with Gasteiger partial charge in [-0.2, -0.15) is 0 Å². The number of aliphatic imine (C=N–C) groups is 1. The molecule has 0 unspecified atom stereocenters. The van der Waals surface area contributed by atoms with Crippen LogP contribution in [0.5, 0.6) is 0 Å². The van der Waals surface area contributed by atoms with Gasteiger partial charge in [0.1, 0.15) is 5.84 Å². The van der Waals surface area contributed by atoms with Crippen molar-refractivity contribution < 1.29 is 0 Å². The molecule has 0 amide bonds. The zero-order chi connectivity index (χ0) is 9.10. The van der Waals surface area contributed by atoms with Crippen LogP contribution in [0.3, 0.4) is 0 Å². The van der Waals surface area contributed by atoms with Gasteiger partial charge in [-0.15, -0.1) is 12.4 Å². The Hall–Kier alpha value is -0.730. The molecule has 0 atom stereocenters. The molecule has 2 rings (SSSR count). The Balaban J connectivity index is 0.000000980. The second kappa shape index (κ2) is 5.23. The van der Waals surface area contributed by atoms with Crippen molar-refractivity contribution in [1.29, 1.82) is 0 Å². The van der Waals surface area contributed by atoms with Crippen LogP contribution >= 0.6 is 24.0 Å². The maximum Gasteiger partial charge on any atom is 0.101 e. The van der Waals surface area contributed by atoms with Gasteiger partial charge in [0.05, 0.1) is 6.54 Å². The molecule has 1 aliphatic rings. The van der Waals surface area contributed by atoms with Gasteiger partial charge in [-0.1, -0.05) is 29.8 Å². The van der Waals surface area contributed by atoms with E-state index in [2.05, 4.69) is 10.3 Å². The molecule has 1 aromatic rings. The summed E-state index contributed by atoms with van der Waals surface area (Å²) in [4.78, 5) is 4.32. The first-order chi connectivity index (χ1) is 6.36. The Labute approximate surface area is 94.8 Å². The Morgan fingerprint density at radius 2 is 2.14 bits per heavy atom. The molecule has 1 heterocycles. The average molecular weight is 231 g/mol. The molecule has 0 bridgehead atoms. The molecule has 0 radical (unpaired) electrons. The van der Waals surface area contributed by atoms with Gasteiger partial charge in [0.15, 0.2) is 0 Å². The Morgan fingerprint density at radius 3 is 2.79 bits per heavy atom. The molecule has 76 valence electrons. The molecular formula is C10H12Cl2N2. The first kappa shape index (κ1) is 11.3. The minimum atomic E-state index is 0. The third kappa shape index (κ3) is 2.63. The van der Waals surface area contributed by atoms with E-state index in [9.17, 15) is 0 Å². The normalized spacial score (nSPS) is 14.2. The smallest absolute Gasteiger partial charge is 0.101 e. The number of halogens is 2. The van der Waals surface area contributed by atoms with Gasteiger partial charge in [-0.3, -0.25) is 4.99 Å². The standard InChI is InChI=1S/C10H11ClN2.ClH/c11-9-4-2-1-3-8(9)7-10-12-5-6-13-10;/h1-4H,5-7H2,(H,12,13);1H. The summed E-state index contributed by atoms with van der Waals surface area (Å²) in [6.45, 7) is 1.85. The lowest BCUT2D eigenvalue weighted by Gasteiger charge is -2.03. The van der Waals surface area contributed by atoms with E-state index in [-0.39, 0.29) is 12.4 Å². The Morgan fingerprint density at radius 1 is 1.36 bits per heavy atom. The van der Waals surface area contributed by atoms with Crippen LogP contribution in [0.2, 0.25) is 5.02 Å². The molecular weight excluding hydrogens is 219 g/mol. The zero-order valence-electron chi connectivity index (χ0n) is 7.66. The number of hydrogen-bond acceptors (Lipinski definition) is 2. The predicted molar refractivity (Wildman–Crippen MR) is 62.7 cm³/mol. The van der Waals surface area contributed by atoms with Gasteiger partial charge in [0.2, 0.25) is 0 Å². The summed E-state index contributed by atoms with van der Waals surface area (Å²) in [7, 11) is 0. The predicted octanol–water partition coefficient (Wildman–Crippen LogP) is 2.31. The fourth-order valence-corrected chi connectivity index (χ4v) is 1.59. The molecule has 4 heteroatoms. The second-order valence-electron chi connectivity index (χ2n) is 3.02. The van der Waals surface area contributed by atoms with Gasteiger partial charge in [0.25, 0.3) is 0 Å². The van der Waals surface area contributed by atoms with Crippen LogP contribution in [0.4, 0.5) is 0 Å². The first-order valence-electron chi connectivity index (χ1n) is 4.37. The summed E-state index contributed by atoms with van der Waals surface area (Å²) >= 11 is 6.02. The molecule has 0 spiro atoms. The van der Waals surface area contributed by atoms with Crippen LogP contribution in [0, 0.1) is 0 Å². The monoisotopic (exact) mass is 230 g/mol. The number of nitrogens with zero attached hydrogens (tertiary/aromatic N) is 1. The lowest BCUT2D eigenvalue weighted by molar-refractivity contribution is 0.953. The maximum absolute atomic E-state index is 6.02. The second-order valence-corrected chi connectivity index (χ2v) is 3.43. The number of hydrogen-bond donors (Lipinski definition) is 1. The third-order valence-electron chi connectivity index (χ3n) is 2.06. The van der Waals surface area contributed by atoms with E-state index >= 15 is 0 Å². The van der Waals surface area contributed by atoms with E-state index in [0.29, 0.717) is 0 Å². The SMILES string of the molecule is Cl.Clc1ccccc1CC1=NCCN1. The van der Waals surface area contributed by atoms with Crippen molar-refractivity contribution in [3.8, 4) is 0 Å². The fourth-order valence-electron chi connectivity index (χ4n) is 1.39. The zero-order valence-corrected chi connectivity index (χ0v) is 9.24. The summed E-state index contributed by atoms with van der Waals surface area (Å²) < 4.78 is 0. The lowest BCUT2D eigenvalue weighted by Crippen LogP contribution is -2.20. The van der Waals surface area contributed by atoms with E-state index in [4.69, 9.17) is 11.6 Å².